The Labute approximate surface area is 183 Å². The number of nitrogens with one attached hydrogen (secondary N) is 2. The number of ether oxygens (including phenoxy) is 1. The lowest BCUT2D eigenvalue weighted by molar-refractivity contribution is 0.305. The van der Waals surface area contributed by atoms with Crippen LogP contribution in [0.3, 0.4) is 0 Å². The van der Waals surface area contributed by atoms with Gasteiger partial charge in [-0.3, -0.25) is 0 Å². The maximum Gasteiger partial charge on any atom is 0.213 e. The molecule has 1 unspecified atom stereocenters. The minimum Gasteiger partial charge on any atom is -0.478 e. The van der Waals surface area contributed by atoms with E-state index in [2.05, 4.69) is 39.5 Å². The van der Waals surface area contributed by atoms with Crippen LogP contribution < -0.4 is 15.4 Å². The van der Waals surface area contributed by atoms with Crippen LogP contribution in [0.1, 0.15) is 56.4 Å². The molecule has 0 saturated heterocycles. The van der Waals surface area contributed by atoms with Gasteiger partial charge in [-0.2, -0.15) is 5.10 Å². The SMILES string of the molecule is CCCOc1ccc(CN=C(NCC)NC2CCCn3nc(C)nc32)cn1.I. The van der Waals surface area contributed by atoms with Gasteiger partial charge in [0.25, 0.3) is 0 Å². The predicted octanol–water partition coefficient (Wildman–Crippen LogP) is 2.98. The third-order valence-corrected chi connectivity index (χ3v) is 4.31. The van der Waals surface area contributed by atoms with Gasteiger partial charge in [0.15, 0.2) is 5.96 Å². The predicted molar refractivity (Wildman–Crippen MR) is 120 cm³/mol. The standard InChI is InChI=1S/C19H29N7O.HI/c1-4-11-27-17-9-8-15(12-21-17)13-22-19(20-5-2)24-16-7-6-10-26-18(16)23-14(3)25-26;/h8-9,12,16H,4-7,10-11,13H2,1-3H3,(H2,20,22,24);1H. The third kappa shape index (κ3) is 6.05. The monoisotopic (exact) mass is 499 g/mol. The highest BCUT2D eigenvalue weighted by atomic mass is 127. The summed E-state index contributed by atoms with van der Waals surface area (Å²) in [6.45, 7) is 9.04. The first kappa shape index (κ1) is 22.4. The summed E-state index contributed by atoms with van der Waals surface area (Å²) < 4.78 is 7.52. The molecule has 1 aliphatic rings. The van der Waals surface area contributed by atoms with Crippen LogP contribution in [0, 0.1) is 6.92 Å². The molecule has 0 spiro atoms. The zero-order valence-corrected chi connectivity index (χ0v) is 19.1. The van der Waals surface area contributed by atoms with Gasteiger partial charge < -0.3 is 15.4 Å². The molecule has 2 aromatic heterocycles. The Balaban J connectivity index is 0.00000280. The van der Waals surface area contributed by atoms with Crippen LogP contribution in [-0.2, 0) is 13.1 Å². The molecule has 2 aromatic rings. The number of halogens is 1. The van der Waals surface area contributed by atoms with Crippen molar-refractivity contribution in [2.45, 2.75) is 59.2 Å². The minimum atomic E-state index is 0. The van der Waals surface area contributed by atoms with Crippen LogP contribution in [0.15, 0.2) is 23.3 Å². The van der Waals surface area contributed by atoms with Crippen LogP contribution in [0.5, 0.6) is 5.88 Å². The van der Waals surface area contributed by atoms with Crippen LogP contribution in [-0.4, -0.2) is 38.9 Å². The molecule has 1 atom stereocenters. The average molecular weight is 499 g/mol. The van der Waals surface area contributed by atoms with Crippen molar-refractivity contribution in [3.05, 3.63) is 35.5 Å². The number of guanidine groups is 1. The van der Waals surface area contributed by atoms with Gasteiger partial charge in [-0.15, -0.1) is 24.0 Å². The van der Waals surface area contributed by atoms with Gasteiger partial charge in [0.1, 0.15) is 11.6 Å². The second-order valence-corrected chi connectivity index (χ2v) is 6.63. The maximum atomic E-state index is 5.52. The quantitative estimate of drug-likeness (QED) is 0.346. The maximum absolute atomic E-state index is 5.52. The molecule has 2 N–H and O–H groups in total. The van der Waals surface area contributed by atoms with Crippen molar-refractivity contribution in [2.75, 3.05) is 13.2 Å². The fourth-order valence-electron chi connectivity index (χ4n) is 3.06. The van der Waals surface area contributed by atoms with E-state index in [0.29, 0.717) is 19.0 Å². The summed E-state index contributed by atoms with van der Waals surface area (Å²) in [6, 6.07) is 4.03. The van der Waals surface area contributed by atoms with Gasteiger partial charge in [0.05, 0.1) is 19.2 Å². The number of aliphatic imine (C=N–C) groups is 1. The van der Waals surface area contributed by atoms with Crippen molar-refractivity contribution in [1.82, 2.24) is 30.4 Å². The molecule has 0 aromatic carbocycles. The van der Waals surface area contributed by atoms with Gasteiger partial charge in [-0.25, -0.2) is 19.6 Å². The Kier molecular flexibility index (Phi) is 8.94. The van der Waals surface area contributed by atoms with Crippen molar-refractivity contribution >= 4 is 29.9 Å². The molecule has 0 fully saturated rings. The highest BCUT2D eigenvalue weighted by Gasteiger charge is 2.24. The summed E-state index contributed by atoms with van der Waals surface area (Å²) in [5.41, 5.74) is 1.04. The zero-order valence-electron chi connectivity index (χ0n) is 16.8. The number of pyridine rings is 1. The van der Waals surface area contributed by atoms with E-state index in [1.807, 2.05) is 29.9 Å². The number of aryl methyl sites for hydroxylation is 2. The number of aromatic nitrogens is 4. The number of nitrogens with zero attached hydrogens (tertiary/aromatic N) is 5. The molecule has 0 radical (unpaired) electrons. The summed E-state index contributed by atoms with van der Waals surface area (Å²) in [5, 5.41) is 11.3. The third-order valence-electron chi connectivity index (χ3n) is 4.31. The molecule has 1 aliphatic heterocycles. The molecule has 3 rings (SSSR count). The highest BCUT2D eigenvalue weighted by Crippen LogP contribution is 2.22. The first-order chi connectivity index (χ1) is 13.2. The van der Waals surface area contributed by atoms with Crippen molar-refractivity contribution in [1.29, 1.82) is 0 Å². The second-order valence-electron chi connectivity index (χ2n) is 6.63. The molecular weight excluding hydrogens is 469 g/mol. The molecule has 8 nitrogen and oxygen atoms in total. The van der Waals surface area contributed by atoms with Crippen molar-refractivity contribution in [3.8, 4) is 5.88 Å². The second kappa shape index (κ2) is 11.2. The normalized spacial score (nSPS) is 16.1. The number of hydrogen-bond donors (Lipinski definition) is 2. The van der Waals surface area contributed by atoms with E-state index in [1.165, 1.54) is 0 Å². The molecule has 0 bridgehead atoms. The lowest BCUT2D eigenvalue weighted by atomic mass is 10.1. The van der Waals surface area contributed by atoms with Gasteiger partial charge in [0, 0.05) is 25.4 Å². The molecule has 0 amide bonds. The number of rotatable bonds is 7. The van der Waals surface area contributed by atoms with E-state index in [-0.39, 0.29) is 30.0 Å². The van der Waals surface area contributed by atoms with Crippen LogP contribution in [0.2, 0.25) is 0 Å². The first-order valence-electron chi connectivity index (χ1n) is 9.73. The Bertz CT molecular complexity index is 760. The molecule has 0 aliphatic carbocycles. The van der Waals surface area contributed by atoms with Gasteiger partial charge in [0.2, 0.25) is 5.88 Å². The zero-order chi connectivity index (χ0) is 19.1. The van der Waals surface area contributed by atoms with E-state index in [4.69, 9.17) is 9.73 Å². The molecular formula is C19H30IN7O. The van der Waals surface area contributed by atoms with Gasteiger partial charge >= 0.3 is 0 Å². The van der Waals surface area contributed by atoms with E-state index in [0.717, 1.165) is 55.5 Å². The smallest absolute Gasteiger partial charge is 0.213 e. The van der Waals surface area contributed by atoms with Crippen molar-refractivity contribution in [2.24, 2.45) is 4.99 Å². The topological polar surface area (TPSA) is 89.2 Å². The Hall–Kier alpha value is -1.91. The van der Waals surface area contributed by atoms with E-state index < -0.39 is 0 Å². The summed E-state index contributed by atoms with van der Waals surface area (Å²) >= 11 is 0. The Morgan fingerprint density at radius 3 is 2.93 bits per heavy atom. The Morgan fingerprint density at radius 2 is 2.21 bits per heavy atom. The highest BCUT2D eigenvalue weighted by molar-refractivity contribution is 14.0. The summed E-state index contributed by atoms with van der Waals surface area (Å²) in [4.78, 5) is 13.6. The molecule has 9 heteroatoms. The average Bonchev–Trinajstić information content (AvgIpc) is 3.07. The fraction of sp³-hybridized carbons (Fsp3) is 0.579. The van der Waals surface area contributed by atoms with E-state index >= 15 is 0 Å². The lowest BCUT2D eigenvalue weighted by Gasteiger charge is -2.25. The van der Waals surface area contributed by atoms with E-state index in [1.54, 1.807) is 0 Å². The van der Waals surface area contributed by atoms with Gasteiger partial charge in [-0.1, -0.05) is 13.0 Å². The largest absolute Gasteiger partial charge is 0.478 e. The summed E-state index contributed by atoms with van der Waals surface area (Å²) in [6.07, 6.45) is 4.89. The number of hydrogen-bond acceptors (Lipinski definition) is 5. The number of fused-ring (bicyclic) bond motifs is 1. The summed E-state index contributed by atoms with van der Waals surface area (Å²) in [7, 11) is 0. The van der Waals surface area contributed by atoms with Crippen molar-refractivity contribution < 1.29 is 4.74 Å². The fourth-order valence-corrected chi connectivity index (χ4v) is 3.06. The molecule has 154 valence electrons. The van der Waals surface area contributed by atoms with E-state index in [9.17, 15) is 0 Å². The summed E-state index contributed by atoms with van der Waals surface area (Å²) in [5.74, 6) is 3.25. The lowest BCUT2D eigenvalue weighted by Crippen LogP contribution is -2.41. The van der Waals surface area contributed by atoms with Crippen LogP contribution >= 0.6 is 24.0 Å². The Morgan fingerprint density at radius 1 is 1.36 bits per heavy atom. The van der Waals surface area contributed by atoms with Crippen molar-refractivity contribution in [3.63, 3.8) is 0 Å². The minimum absolute atomic E-state index is 0. The van der Waals surface area contributed by atoms with Crippen LogP contribution in [0.25, 0.3) is 0 Å². The molecule has 3 heterocycles. The first-order valence-corrected chi connectivity index (χ1v) is 9.73. The molecule has 28 heavy (non-hydrogen) atoms. The molecule has 0 saturated carbocycles. The van der Waals surface area contributed by atoms with Gasteiger partial charge in [-0.05, 0) is 38.7 Å². The van der Waals surface area contributed by atoms with Crippen LogP contribution in [0.4, 0.5) is 0 Å².